The Hall–Kier alpha value is -1.31. The van der Waals surface area contributed by atoms with Gasteiger partial charge in [-0.3, -0.25) is 0 Å². The summed E-state index contributed by atoms with van der Waals surface area (Å²) >= 11 is 0. The second-order valence-corrected chi connectivity index (χ2v) is 3.76. The maximum absolute atomic E-state index is 11.7. The molecule has 0 aliphatic rings. The molecular weight excluding hydrogens is 200 g/mol. The van der Waals surface area contributed by atoms with Gasteiger partial charge in [-0.1, -0.05) is 31.6 Å². The summed E-state index contributed by atoms with van der Waals surface area (Å²) in [6, 6.07) is 0. The predicted molar refractivity (Wildman–Crippen MR) is 68.2 cm³/mol. The van der Waals surface area contributed by atoms with Gasteiger partial charge < -0.3 is 4.74 Å². The third-order valence-electron chi connectivity index (χ3n) is 2.26. The molecule has 16 heavy (non-hydrogen) atoms. The summed E-state index contributed by atoms with van der Waals surface area (Å²) < 4.78 is 5.02. The zero-order chi connectivity index (χ0) is 12.6. The quantitative estimate of drug-likeness (QED) is 0.388. The average Bonchev–Trinajstić information content (AvgIpc) is 2.25. The summed E-state index contributed by atoms with van der Waals surface area (Å²) in [5.41, 5.74) is 2.66. The fourth-order valence-corrected chi connectivity index (χ4v) is 1.37. The number of ether oxygens (including phenoxy) is 1. The maximum atomic E-state index is 11.7. The molecule has 0 heterocycles. The van der Waals surface area contributed by atoms with Crippen molar-refractivity contribution in [3.63, 3.8) is 0 Å². The first-order valence-electron chi connectivity index (χ1n) is 5.74. The van der Waals surface area contributed by atoms with E-state index in [9.17, 15) is 4.79 Å². The van der Waals surface area contributed by atoms with Crippen LogP contribution in [0, 0.1) is 0 Å². The minimum Gasteiger partial charge on any atom is -0.462 e. The molecule has 0 aliphatic carbocycles. The normalized spacial score (nSPS) is 13.1. The molecule has 0 radical (unpaired) electrons. The summed E-state index contributed by atoms with van der Waals surface area (Å²) in [7, 11) is 0. The smallest absolute Gasteiger partial charge is 0.338 e. The lowest BCUT2D eigenvalue weighted by Gasteiger charge is -2.07. The lowest BCUT2D eigenvalue weighted by Crippen LogP contribution is -2.08. The van der Waals surface area contributed by atoms with Crippen LogP contribution >= 0.6 is 0 Å². The zero-order valence-corrected chi connectivity index (χ0v) is 10.8. The van der Waals surface area contributed by atoms with Crippen molar-refractivity contribution in [2.75, 3.05) is 6.61 Å². The van der Waals surface area contributed by atoms with Gasteiger partial charge in [-0.25, -0.2) is 4.79 Å². The second kappa shape index (κ2) is 7.91. The first-order valence-corrected chi connectivity index (χ1v) is 5.74. The van der Waals surface area contributed by atoms with Gasteiger partial charge in [-0.05, 0) is 38.8 Å². The minimum atomic E-state index is -0.268. The Balaban J connectivity index is 5.05. The van der Waals surface area contributed by atoms with Gasteiger partial charge in [-0.15, -0.1) is 0 Å². The van der Waals surface area contributed by atoms with Crippen molar-refractivity contribution in [1.29, 1.82) is 0 Å². The topological polar surface area (TPSA) is 26.3 Å². The monoisotopic (exact) mass is 222 g/mol. The van der Waals surface area contributed by atoms with Crippen LogP contribution in [-0.4, -0.2) is 12.6 Å². The molecule has 0 N–H and O–H groups in total. The molecule has 0 unspecified atom stereocenters. The fraction of sp³-hybridized carbons (Fsp3) is 0.500. The van der Waals surface area contributed by atoms with Crippen molar-refractivity contribution in [1.82, 2.24) is 0 Å². The molecule has 0 saturated heterocycles. The van der Waals surface area contributed by atoms with E-state index in [0.717, 1.165) is 18.4 Å². The van der Waals surface area contributed by atoms with E-state index in [1.165, 1.54) is 5.57 Å². The minimum absolute atomic E-state index is 0.268. The highest BCUT2D eigenvalue weighted by molar-refractivity contribution is 5.93. The fourth-order valence-electron chi connectivity index (χ4n) is 1.37. The van der Waals surface area contributed by atoms with Gasteiger partial charge >= 0.3 is 5.97 Å². The van der Waals surface area contributed by atoms with E-state index in [2.05, 4.69) is 13.5 Å². The Morgan fingerprint density at radius 1 is 1.31 bits per heavy atom. The number of hydrogen-bond donors (Lipinski definition) is 0. The Labute approximate surface area is 98.7 Å². The van der Waals surface area contributed by atoms with Gasteiger partial charge in [0.1, 0.15) is 0 Å². The number of carbonyl (C=O) groups excluding carboxylic acids is 1. The van der Waals surface area contributed by atoms with Crippen LogP contribution in [0.2, 0.25) is 0 Å². The second-order valence-electron chi connectivity index (χ2n) is 3.76. The van der Waals surface area contributed by atoms with Crippen molar-refractivity contribution >= 4 is 5.97 Å². The highest BCUT2D eigenvalue weighted by Gasteiger charge is 2.10. The zero-order valence-electron chi connectivity index (χ0n) is 10.8. The first kappa shape index (κ1) is 14.7. The Morgan fingerprint density at radius 3 is 2.38 bits per heavy atom. The van der Waals surface area contributed by atoms with Crippen molar-refractivity contribution < 1.29 is 9.53 Å². The lowest BCUT2D eigenvalue weighted by atomic mass is 10.0. The molecule has 90 valence electrons. The third kappa shape index (κ3) is 4.96. The van der Waals surface area contributed by atoms with Gasteiger partial charge in [0.25, 0.3) is 0 Å². The summed E-state index contributed by atoms with van der Waals surface area (Å²) in [5.74, 6) is -0.268. The van der Waals surface area contributed by atoms with Crippen LogP contribution in [-0.2, 0) is 9.53 Å². The molecule has 0 aromatic heterocycles. The Morgan fingerprint density at radius 2 is 1.94 bits per heavy atom. The van der Waals surface area contributed by atoms with Crippen molar-refractivity contribution in [2.24, 2.45) is 0 Å². The van der Waals surface area contributed by atoms with Crippen LogP contribution in [0.25, 0.3) is 0 Å². The van der Waals surface area contributed by atoms with Gasteiger partial charge in [0.05, 0.1) is 12.2 Å². The van der Waals surface area contributed by atoms with Gasteiger partial charge in [0, 0.05) is 0 Å². The number of allylic oxidation sites excluding steroid dienone is 3. The molecule has 0 aromatic carbocycles. The molecule has 0 aromatic rings. The van der Waals surface area contributed by atoms with E-state index in [4.69, 9.17) is 4.74 Å². The molecule has 0 saturated carbocycles. The van der Waals surface area contributed by atoms with Crippen LogP contribution in [0.15, 0.2) is 35.5 Å². The highest BCUT2D eigenvalue weighted by atomic mass is 16.5. The van der Waals surface area contributed by atoms with Crippen molar-refractivity contribution in [3.8, 4) is 0 Å². The van der Waals surface area contributed by atoms with Gasteiger partial charge in [0.2, 0.25) is 0 Å². The van der Waals surface area contributed by atoms with Crippen LogP contribution in [0.3, 0.4) is 0 Å². The summed E-state index contributed by atoms with van der Waals surface area (Å²) in [6.45, 7) is 11.9. The molecule has 0 fully saturated rings. The largest absolute Gasteiger partial charge is 0.462 e. The maximum Gasteiger partial charge on any atom is 0.338 e. The third-order valence-corrected chi connectivity index (χ3v) is 2.26. The summed E-state index contributed by atoms with van der Waals surface area (Å²) in [5, 5.41) is 0. The predicted octanol–water partition coefficient (Wildman–Crippen LogP) is 3.80. The van der Waals surface area contributed by atoms with Crippen LogP contribution in [0.4, 0.5) is 0 Å². The standard InChI is InChI=1S/C14H22O2/c1-6-9-11(4)10-13(12(5)7-2)14(15)16-8-3/h7,10H,2,6,8-9H2,1,3-5H3/b11-10-,13-12+. The van der Waals surface area contributed by atoms with Crippen LogP contribution < -0.4 is 0 Å². The number of esters is 1. The van der Waals surface area contributed by atoms with Crippen molar-refractivity contribution in [3.05, 3.63) is 35.5 Å². The highest BCUT2D eigenvalue weighted by Crippen LogP contribution is 2.14. The Kier molecular flexibility index (Phi) is 7.27. The van der Waals surface area contributed by atoms with Gasteiger partial charge in [-0.2, -0.15) is 0 Å². The van der Waals surface area contributed by atoms with E-state index < -0.39 is 0 Å². The average molecular weight is 222 g/mol. The van der Waals surface area contributed by atoms with E-state index in [0.29, 0.717) is 12.2 Å². The molecular formula is C14H22O2. The first-order chi connectivity index (χ1) is 7.56. The SMILES string of the molecule is C=C/C(C)=C(\C=C(\C)CCC)C(=O)OCC. The van der Waals surface area contributed by atoms with Crippen molar-refractivity contribution in [2.45, 2.75) is 40.5 Å². The van der Waals surface area contributed by atoms with E-state index in [1.807, 2.05) is 19.9 Å². The molecule has 0 bridgehead atoms. The molecule has 2 heteroatoms. The summed E-state index contributed by atoms with van der Waals surface area (Å²) in [6.07, 6.45) is 5.65. The molecule has 0 rings (SSSR count). The number of rotatable bonds is 6. The molecule has 2 nitrogen and oxygen atoms in total. The number of carbonyl (C=O) groups is 1. The van der Waals surface area contributed by atoms with E-state index in [-0.39, 0.29) is 5.97 Å². The van der Waals surface area contributed by atoms with E-state index in [1.54, 1.807) is 13.0 Å². The summed E-state index contributed by atoms with van der Waals surface area (Å²) in [4.78, 5) is 11.7. The molecule has 0 amide bonds. The number of hydrogen-bond acceptors (Lipinski definition) is 2. The van der Waals surface area contributed by atoms with Crippen LogP contribution in [0.1, 0.15) is 40.5 Å². The van der Waals surface area contributed by atoms with Gasteiger partial charge in [0.15, 0.2) is 0 Å². The lowest BCUT2D eigenvalue weighted by molar-refractivity contribution is -0.138. The molecule has 0 spiro atoms. The van der Waals surface area contributed by atoms with E-state index >= 15 is 0 Å². The molecule has 0 aliphatic heterocycles. The Bertz CT molecular complexity index is 309. The van der Waals surface area contributed by atoms with Crippen LogP contribution in [0.5, 0.6) is 0 Å². The molecule has 0 atom stereocenters.